The maximum atomic E-state index is 13.8. The van der Waals surface area contributed by atoms with Gasteiger partial charge in [-0.15, -0.1) is 0 Å². The van der Waals surface area contributed by atoms with E-state index >= 15 is 0 Å². The molecule has 38 heavy (non-hydrogen) atoms. The Morgan fingerprint density at radius 1 is 1.08 bits per heavy atom. The third-order valence-corrected chi connectivity index (χ3v) is 8.57. The number of carbonyl (C=O) groups excluding carboxylic acids is 2. The summed E-state index contributed by atoms with van der Waals surface area (Å²) < 4.78 is 6.19. The topological polar surface area (TPSA) is 99.1 Å². The highest BCUT2D eigenvalue weighted by Crippen LogP contribution is 2.47. The molecule has 1 heterocycles. The first-order chi connectivity index (χ1) is 18.4. The molecule has 4 atom stereocenters. The highest BCUT2D eigenvalue weighted by Gasteiger charge is 2.50. The predicted octanol–water partition coefficient (Wildman–Crippen LogP) is 4.23. The fraction of sp³-hybridized carbons (Fsp3) is 0.448. The van der Waals surface area contributed by atoms with Crippen molar-refractivity contribution < 1.29 is 24.5 Å². The molecule has 1 saturated carbocycles. The van der Waals surface area contributed by atoms with Crippen LogP contribution in [-0.2, 0) is 16.1 Å². The van der Waals surface area contributed by atoms with Gasteiger partial charge < -0.3 is 25.2 Å². The summed E-state index contributed by atoms with van der Waals surface area (Å²) in [6.45, 7) is 0.0863. The minimum Gasteiger partial charge on any atom is -0.486 e. The van der Waals surface area contributed by atoms with Crippen LogP contribution in [0.2, 0.25) is 10.0 Å². The van der Waals surface area contributed by atoms with E-state index in [9.17, 15) is 19.8 Å². The number of carbonyl (C=O) groups is 2. The smallest absolute Gasteiger partial charge is 0.247 e. The van der Waals surface area contributed by atoms with Crippen molar-refractivity contribution in [2.24, 2.45) is 5.92 Å². The summed E-state index contributed by atoms with van der Waals surface area (Å²) in [6, 6.07) is 11.8. The molecule has 0 bridgehead atoms. The Morgan fingerprint density at radius 2 is 1.84 bits per heavy atom. The SMILES string of the molecule is O=C(NCCO)C1=C[C@@H](N(Cc2ccc(Cl)c(Cl)c2)C(=O)CC2CCCC2)[C@H](O)[C@H]2Oc3ccccc3[C@@H]12. The highest BCUT2D eigenvalue weighted by molar-refractivity contribution is 6.42. The van der Waals surface area contributed by atoms with Crippen LogP contribution < -0.4 is 10.1 Å². The molecule has 202 valence electrons. The van der Waals surface area contributed by atoms with E-state index < -0.39 is 24.2 Å². The molecule has 0 radical (unpaired) electrons. The van der Waals surface area contributed by atoms with Crippen LogP contribution in [-0.4, -0.2) is 58.3 Å². The Bertz CT molecular complexity index is 1230. The molecule has 5 rings (SSSR count). The van der Waals surface area contributed by atoms with Gasteiger partial charge in [-0.2, -0.15) is 0 Å². The summed E-state index contributed by atoms with van der Waals surface area (Å²) in [5.41, 5.74) is 1.99. The van der Waals surface area contributed by atoms with Gasteiger partial charge >= 0.3 is 0 Å². The van der Waals surface area contributed by atoms with Gasteiger partial charge in [-0.1, -0.05) is 60.3 Å². The number of aliphatic hydroxyl groups excluding tert-OH is 2. The number of para-hydroxylation sites is 1. The third-order valence-electron chi connectivity index (χ3n) is 7.83. The largest absolute Gasteiger partial charge is 0.486 e. The number of fused-ring (bicyclic) bond motifs is 3. The maximum Gasteiger partial charge on any atom is 0.247 e. The van der Waals surface area contributed by atoms with Gasteiger partial charge in [0.15, 0.2) is 0 Å². The molecule has 1 fully saturated rings. The van der Waals surface area contributed by atoms with Crippen LogP contribution in [0.5, 0.6) is 5.75 Å². The fourth-order valence-corrected chi connectivity index (χ4v) is 6.29. The van der Waals surface area contributed by atoms with Crippen molar-refractivity contribution in [1.82, 2.24) is 10.2 Å². The zero-order valence-electron chi connectivity index (χ0n) is 21.0. The summed E-state index contributed by atoms with van der Waals surface area (Å²) in [4.78, 5) is 28.8. The number of benzene rings is 2. The molecule has 0 spiro atoms. The Balaban J connectivity index is 1.53. The van der Waals surface area contributed by atoms with Crippen molar-refractivity contribution >= 4 is 35.0 Å². The number of ether oxygens (including phenoxy) is 1. The first-order valence-electron chi connectivity index (χ1n) is 13.1. The van der Waals surface area contributed by atoms with E-state index in [1.807, 2.05) is 30.3 Å². The minimum atomic E-state index is -1.07. The van der Waals surface area contributed by atoms with Crippen molar-refractivity contribution in [3.63, 3.8) is 0 Å². The van der Waals surface area contributed by atoms with E-state index in [1.54, 1.807) is 23.1 Å². The molecule has 2 aromatic carbocycles. The van der Waals surface area contributed by atoms with Gasteiger partial charge in [0, 0.05) is 30.6 Å². The molecule has 2 aliphatic carbocycles. The molecule has 0 aromatic heterocycles. The van der Waals surface area contributed by atoms with E-state index in [0.717, 1.165) is 36.8 Å². The Morgan fingerprint density at radius 3 is 2.58 bits per heavy atom. The Hall–Kier alpha value is -2.58. The second-order valence-electron chi connectivity index (χ2n) is 10.3. The Kier molecular flexibility index (Phi) is 8.29. The second-order valence-corrected chi connectivity index (χ2v) is 11.1. The number of hydrogen-bond acceptors (Lipinski definition) is 5. The lowest BCUT2D eigenvalue weighted by Gasteiger charge is -2.41. The average Bonchev–Trinajstić information content (AvgIpc) is 3.56. The quantitative estimate of drug-likeness (QED) is 0.450. The molecule has 3 N–H and O–H groups in total. The molecule has 2 aromatic rings. The summed E-state index contributed by atoms with van der Waals surface area (Å²) in [7, 11) is 0. The van der Waals surface area contributed by atoms with E-state index in [4.69, 9.17) is 27.9 Å². The highest BCUT2D eigenvalue weighted by atomic mass is 35.5. The van der Waals surface area contributed by atoms with Gasteiger partial charge in [-0.3, -0.25) is 9.59 Å². The second kappa shape index (κ2) is 11.7. The monoisotopic (exact) mass is 558 g/mol. The lowest BCUT2D eigenvalue weighted by molar-refractivity contribution is -0.139. The normalized spacial score (nSPS) is 24.3. The first-order valence-corrected chi connectivity index (χ1v) is 13.9. The van der Waals surface area contributed by atoms with Gasteiger partial charge in [0.1, 0.15) is 18.0 Å². The number of amides is 2. The molecule has 1 aliphatic heterocycles. The molecular weight excluding hydrogens is 527 g/mol. The van der Waals surface area contributed by atoms with Crippen molar-refractivity contribution in [3.05, 3.63) is 75.3 Å². The van der Waals surface area contributed by atoms with Crippen LogP contribution in [0.3, 0.4) is 0 Å². The molecule has 2 amide bonds. The summed E-state index contributed by atoms with van der Waals surface area (Å²) >= 11 is 12.4. The standard InChI is InChI=1S/C29H32Cl2N2O5/c30-21-10-9-18(13-22(21)31)16-33(25(35)14-17-5-1-2-6-17)23-15-20(29(37)32-11-12-34)26-19-7-3-4-8-24(19)38-28(26)27(23)36/h3-4,7-10,13,15,17,23,26-28,34,36H,1-2,5-6,11-12,14,16H2,(H,32,37)/t23-,26+,27+,28+/m1/s1. The molecule has 3 aliphatic rings. The molecule has 9 heteroatoms. The summed E-state index contributed by atoms with van der Waals surface area (Å²) in [5.74, 6) is -0.0313. The minimum absolute atomic E-state index is 0.0904. The van der Waals surface area contributed by atoms with E-state index in [2.05, 4.69) is 5.32 Å². The lowest BCUT2D eigenvalue weighted by Crippen LogP contribution is -2.55. The number of rotatable bonds is 8. The first kappa shape index (κ1) is 27.0. The third kappa shape index (κ3) is 5.43. The van der Waals surface area contributed by atoms with E-state index in [1.165, 1.54) is 0 Å². The molecular formula is C29H32Cl2N2O5. The van der Waals surface area contributed by atoms with Gasteiger partial charge in [0.05, 0.1) is 28.6 Å². The van der Waals surface area contributed by atoms with E-state index in [-0.39, 0.29) is 31.5 Å². The van der Waals surface area contributed by atoms with Crippen molar-refractivity contribution in [2.75, 3.05) is 13.2 Å². The number of nitrogens with zero attached hydrogens (tertiary/aromatic N) is 1. The van der Waals surface area contributed by atoms with Crippen LogP contribution in [0.15, 0.2) is 54.1 Å². The van der Waals surface area contributed by atoms with Crippen LogP contribution in [0.25, 0.3) is 0 Å². The molecule has 0 unspecified atom stereocenters. The number of aliphatic hydroxyl groups is 2. The number of nitrogens with one attached hydrogen (secondary N) is 1. The van der Waals surface area contributed by atoms with Crippen molar-refractivity contribution in [2.45, 2.75) is 62.8 Å². The zero-order chi connectivity index (χ0) is 26.8. The van der Waals surface area contributed by atoms with Crippen LogP contribution in [0.4, 0.5) is 0 Å². The Labute approximate surface area is 232 Å². The summed E-state index contributed by atoms with van der Waals surface area (Å²) in [6.07, 6.45) is 4.50. The number of halogens is 2. The zero-order valence-corrected chi connectivity index (χ0v) is 22.5. The van der Waals surface area contributed by atoms with Gasteiger partial charge in [0.2, 0.25) is 11.8 Å². The maximum absolute atomic E-state index is 13.8. The average molecular weight is 559 g/mol. The number of hydrogen-bond donors (Lipinski definition) is 3. The van der Waals surface area contributed by atoms with Crippen LogP contribution in [0, 0.1) is 5.92 Å². The van der Waals surface area contributed by atoms with Crippen LogP contribution >= 0.6 is 23.2 Å². The lowest BCUT2D eigenvalue weighted by atomic mass is 9.77. The van der Waals surface area contributed by atoms with Gasteiger partial charge in [-0.25, -0.2) is 0 Å². The predicted molar refractivity (Wildman–Crippen MR) is 145 cm³/mol. The summed E-state index contributed by atoms with van der Waals surface area (Å²) in [5, 5.41) is 24.5. The van der Waals surface area contributed by atoms with Gasteiger partial charge in [-0.05, 0) is 48.6 Å². The molecule has 0 saturated heterocycles. The van der Waals surface area contributed by atoms with Crippen LogP contribution in [0.1, 0.15) is 49.1 Å². The van der Waals surface area contributed by atoms with Crippen molar-refractivity contribution in [1.29, 1.82) is 0 Å². The van der Waals surface area contributed by atoms with Gasteiger partial charge in [0.25, 0.3) is 0 Å². The molecule has 7 nitrogen and oxygen atoms in total. The fourth-order valence-electron chi connectivity index (χ4n) is 5.96. The van der Waals surface area contributed by atoms with Crippen molar-refractivity contribution in [3.8, 4) is 5.75 Å². The van der Waals surface area contributed by atoms with E-state index in [0.29, 0.717) is 33.7 Å².